The summed E-state index contributed by atoms with van der Waals surface area (Å²) in [5.41, 5.74) is 0.494. The molecule has 1 aliphatic rings. The van der Waals surface area contributed by atoms with Crippen LogP contribution in [0.3, 0.4) is 0 Å². The Balaban J connectivity index is 1.96. The lowest BCUT2D eigenvalue weighted by Gasteiger charge is -2.30. The van der Waals surface area contributed by atoms with Crippen molar-refractivity contribution in [3.63, 3.8) is 0 Å². The van der Waals surface area contributed by atoms with Gasteiger partial charge < -0.3 is 10.2 Å². The minimum atomic E-state index is -0.288. The Kier molecular flexibility index (Phi) is 6.18. The lowest BCUT2D eigenvalue weighted by molar-refractivity contribution is -0.131. The minimum Gasteiger partial charge on any atom is -0.342 e. The molecule has 0 atom stereocenters. The fourth-order valence-corrected chi connectivity index (χ4v) is 2.88. The van der Waals surface area contributed by atoms with Crippen LogP contribution in [0.15, 0.2) is 24.3 Å². The van der Waals surface area contributed by atoms with Crippen LogP contribution in [0.2, 0.25) is 0 Å². The van der Waals surface area contributed by atoms with E-state index in [0.29, 0.717) is 11.5 Å². The second-order valence-electron chi connectivity index (χ2n) is 5.80. The van der Waals surface area contributed by atoms with Gasteiger partial charge in [0.25, 0.3) is 0 Å². The summed E-state index contributed by atoms with van der Waals surface area (Å²) in [5.74, 6) is 0.326. The Morgan fingerprint density at radius 1 is 1.33 bits per heavy atom. The van der Waals surface area contributed by atoms with E-state index in [1.165, 1.54) is 6.07 Å². The van der Waals surface area contributed by atoms with Crippen LogP contribution in [-0.2, 0) is 11.2 Å². The molecule has 0 spiro atoms. The number of rotatable bonds is 6. The van der Waals surface area contributed by atoms with Crippen molar-refractivity contribution in [2.24, 2.45) is 5.92 Å². The average Bonchev–Trinajstić information content (AvgIpc) is 2.50. The van der Waals surface area contributed by atoms with Crippen molar-refractivity contribution in [2.45, 2.75) is 32.6 Å². The topological polar surface area (TPSA) is 32.3 Å². The number of benzene rings is 1. The van der Waals surface area contributed by atoms with Gasteiger partial charge >= 0.3 is 0 Å². The van der Waals surface area contributed by atoms with E-state index in [1.54, 1.807) is 18.2 Å². The molecule has 0 unspecified atom stereocenters. The SMILES string of the molecule is CCCN(CC1CCNCC1)C(=O)Cc1ccccc1F. The van der Waals surface area contributed by atoms with E-state index in [9.17, 15) is 9.18 Å². The van der Waals surface area contributed by atoms with Gasteiger partial charge in [0, 0.05) is 13.1 Å². The minimum absolute atomic E-state index is 0.0421. The predicted molar refractivity (Wildman–Crippen MR) is 82.6 cm³/mol. The maximum Gasteiger partial charge on any atom is 0.227 e. The van der Waals surface area contributed by atoms with Crippen LogP contribution < -0.4 is 5.32 Å². The number of carbonyl (C=O) groups is 1. The number of hydrogen-bond donors (Lipinski definition) is 1. The zero-order valence-electron chi connectivity index (χ0n) is 12.8. The van der Waals surface area contributed by atoms with Crippen LogP contribution in [0, 0.1) is 11.7 Å². The highest BCUT2D eigenvalue weighted by Gasteiger charge is 2.21. The Labute approximate surface area is 126 Å². The average molecular weight is 292 g/mol. The Hall–Kier alpha value is -1.42. The summed E-state index contributed by atoms with van der Waals surface area (Å²) in [5, 5.41) is 3.34. The van der Waals surface area contributed by atoms with Crippen molar-refractivity contribution in [1.29, 1.82) is 0 Å². The largest absolute Gasteiger partial charge is 0.342 e. The second-order valence-corrected chi connectivity index (χ2v) is 5.80. The Morgan fingerprint density at radius 3 is 2.71 bits per heavy atom. The van der Waals surface area contributed by atoms with Gasteiger partial charge in [0.15, 0.2) is 0 Å². The predicted octanol–water partition coefficient (Wildman–Crippen LogP) is 2.61. The summed E-state index contributed by atoms with van der Waals surface area (Å²) >= 11 is 0. The molecule has 0 aliphatic carbocycles. The molecule has 4 heteroatoms. The van der Waals surface area contributed by atoms with Crippen LogP contribution in [-0.4, -0.2) is 37.0 Å². The first-order valence-electron chi connectivity index (χ1n) is 7.92. The van der Waals surface area contributed by atoms with Crippen LogP contribution in [0.1, 0.15) is 31.7 Å². The molecule has 1 amide bonds. The molecule has 21 heavy (non-hydrogen) atoms. The van der Waals surface area contributed by atoms with Crippen molar-refractivity contribution in [1.82, 2.24) is 10.2 Å². The van der Waals surface area contributed by atoms with E-state index >= 15 is 0 Å². The van der Waals surface area contributed by atoms with Gasteiger partial charge in [0.2, 0.25) is 5.91 Å². The van der Waals surface area contributed by atoms with Crippen LogP contribution in [0.4, 0.5) is 4.39 Å². The molecule has 0 saturated carbocycles. The van der Waals surface area contributed by atoms with Crippen molar-refractivity contribution >= 4 is 5.91 Å². The molecule has 2 rings (SSSR count). The number of piperidine rings is 1. The van der Waals surface area contributed by atoms with E-state index in [0.717, 1.165) is 45.4 Å². The molecule has 0 bridgehead atoms. The monoisotopic (exact) mass is 292 g/mol. The molecule has 1 saturated heterocycles. The summed E-state index contributed by atoms with van der Waals surface area (Å²) < 4.78 is 13.7. The second kappa shape index (κ2) is 8.13. The van der Waals surface area contributed by atoms with Crippen molar-refractivity contribution < 1.29 is 9.18 Å². The third-order valence-electron chi connectivity index (χ3n) is 4.08. The van der Waals surface area contributed by atoms with E-state index in [4.69, 9.17) is 0 Å². The molecular weight excluding hydrogens is 267 g/mol. The van der Waals surface area contributed by atoms with Crippen molar-refractivity contribution in [3.8, 4) is 0 Å². The summed E-state index contributed by atoms with van der Waals surface area (Å²) in [6.45, 7) is 5.71. The van der Waals surface area contributed by atoms with Gasteiger partial charge in [-0.15, -0.1) is 0 Å². The maximum atomic E-state index is 13.7. The first kappa shape index (κ1) is 16.0. The summed E-state index contributed by atoms with van der Waals surface area (Å²) in [4.78, 5) is 14.4. The molecule has 3 nitrogen and oxygen atoms in total. The van der Waals surface area contributed by atoms with Gasteiger partial charge in [0.05, 0.1) is 6.42 Å². The Bertz CT molecular complexity index is 458. The number of nitrogens with one attached hydrogen (secondary N) is 1. The first-order valence-corrected chi connectivity index (χ1v) is 7.92. The number of amides is 1. The van der Waals surface area contributed by atoms with E-state index < -0.39 is 0 Å². The zero-order valence-corrected chi connectivity index (χ0v) is 12.8. The zero-order chi connectivity index (χ0) is 15.1. The van der Waals surface area contributed by atoms with E-state index in [1.807, 2.05) is 4.90 Å². The molecule has 1 aliphatic heterocycles. The highest BCUT2D eigenvalue weighted by atomic mass is 19.1. The normalized spacial score (nSPS) is 15.9. The third kappa shape index (κ3) is 4.81. The van der Waals surface area contributed by atoms with Crippen LogP contribution >= 0.6 is 0 Å². The quantitative estimate of drug-likeness (QED) is 0.874. The molecule has 1 aromatic rings. The van der Waals surface area contributed by atoms with Gasteiger partial charge in [-0.25, -0.2) is 4.39 Å². The molecule has 1 aromatic carbocycles. The van der Waals surface area contributed by atoms with Crippen molar-refractivity contribution in [2.75, 3.05) is 26.2 Å². The molecular formula is C17H25FN2O. The highest BCUT2D eigenvalue weighted by molar-refractivity contribution is 5.78. The molecule has 116 valence electrons. The van der Waals surface area contributed by atoms with Crippen molar-refractivity contribution in [3.05, 3.63) is 35.6 Å². The summed E-state index contributed by atoms with van der Waals surface area (Å²) in [6.07, 6.45) is 3.34. The molecule has 0 aromatic heterocycles. The first-order chi connectivity index (χ1) is 10.2. The van der Waals surface area contributed by atoms with E-state index in [-0.39, 0.29) is 18.1 Å². The lowest BCUT2D eigenvalue weighted by atomic mass is 9.97. The van der Waals surface area contributed by atoms with Gasteiger partial charge in [0.1, 0.15) is 5.82 Å². The van der Waals surface area contributed by atoms with Crippen LogP contribution in [0.25, 0.3) is 0 Å². The Morgan fingerprint density at radius 2 is 2.05 bits per heavy atom. The summed E-state index contributed by atoms with van der Waals surface area (Å²) in [6, 6.07) is 6.55. The molecule has 1 fully saturated rings. The third-order valence-corrected chi connectivity index (χ3v) is 4.08. The molecule has 0 radical (unpaired) electrons. The van der Waals surface area contributed by atoms with Gasteiger partial charge in [-0.2, -0.15) is 0 Å². The lowest BCUT2D eigenvalue weighted by Crippen LogP contribution is -2.40. The smallest absolute Gasteiger partial charge is 0.227 e. The number of halogens is 1. The number of hydrogen-bond acceptors (Lipinski definition) is 2. The van der Waals surface area contributed by atoms with Gasteiger partial charge in [-0.3, -0.25) is 4.79 Å². The van der Waals surface area contributed by atoms with Crippen LogP contribution in [0.5, 0.6) is 0 Å². The van der Waals surface area contributed by atoms with Gasteiger partial charge in [-0.1, -0.05) is 25.1 Å². The van der Waals surface area contributed by atoms with Gasteiger partial charge in [-0.05, 0) is 49.9 Å². The highest BCUT2D eigenvalue weighted by Crippen LogP contribution is 2.15. The van der Waals surface area contributed by atoms with E-state index in [2.05, 4.69) is 12.2 Å². The standard InChI is InChI=1S/C17H25FN2O/c1-2-11-20(13-14-7-9-19-10-8-14)17(21)12-15-5-3-4-6-16(15)18/h3-6,14,19H,2,7-13H2,1H3. The number of carbonyl (C=O) groups excluding carboxylic acids is 1. The maximum absolute atomic E-state index is 13.7. The fourth-order valence-electron chi connectivity index (χ4n) is 2.88. The molecule has 1 N–H and O–H groups in total. The summed E-state index contributed by atoms with van der Waals surface area (Å²) in [7, 11) is 0. The fraction of sp³-hybridized carbons (Fsp3) is 0.588. The molecule has 1 heterocycles. The number of nitrogens with zero attached hydrogens (tertiary/aromatic N) is 1.